The minimum Gasteiger partial charge on any atom is -0.494 e. The van der Waals surface area contributed by atoms with Crippen molar-refractivity contribution in [2.24, 2.45) is 0 Å². The number of nitrogens with two attached hydrogens (primary N) is 1. The number of hydrogen-bond acceptors (Lipinski definition) is 3. The second-order valence-electron chi connectivity index (χ2n) is 4.23. The zero-order valence-corrected chi connectivity index (χ0v) is 12.4. The van der Waals surface area contributed by atoms with E-state index in [-0.39, 0.29) is 0 Å². The smallest absolute Gasteiger partial charge is 0.119 e. The van der Waals surface area contributed by atoms with Gasteiger partial charge < -0.3 is 15.8 Å². The summed E-state index contributed by atoms with van der Waals surface area (Å²) < 4.78 is 6.51. The van der Waals surface area contributed by atoms with Crippen LogP contribution in [0.1, 0.15) is 13.3 Å². The Labute approximate surface area is 121 Å². The highest BCUT2D eigenvalue weighted by Gasteiger charge is 2.01. The second-order valence-corrected chi connectivity index (χ2v) is 5.15. The SMILES string of the molecule is CCCOc1ccc(Nc2ccc(Br)cc2N)cc1. The zero-order chi connectivity index (χ0) is 13.7. The van der Waals surface area contributed by atoms with Crippen molar-refractivity contribution in [2.45, 2.75) is 13.3 Å². The van der Waals surface area contributed by atoms with Gasteiger partial charge in [-0.25, -0.2) is 0 Å². The number of halogens is 1. The van der Waals surface area contributed by atoms with Gasteiger partial charge in [-0.3, -0.25) is 0 Å². The number of ether oxygens (including phenoxy) is 1. The standard InChI is InChI=1S/C15H17BrN2O/c1-2-9-19-13-6-4-12(5-7-13)18-15-8-3-11(16)10-14(15)17/h3-8,10,18H,2,9,17H2,1H3. The fourth-order valence-corrected chi connectivity index (χ4v) is 2.04. The number of hydrogen-bond donors (Lipinski definition) is 2. The monoisotopic (exact) mass is 320 g/mol. The topological polar surface area (TPSA) is 47.3 Å². The van der Waals surface area contributed by atoms with Gasteiger partial charge in [-0.2, -0.15) is 0 Å². The van der Waals surface area contributed by atoms with E-state index in [2.05, 4.69) is 28.2 Å². The number of benzene rings is 2. The summed E-state index contributed by atoms with van der Waals surface area (Å²) in [5.74, 6) is 0.885. The molecule has 0 spiro atoms. The summed E-state index contributed by atoms with van der Waals surface area (Å²) in [4.78, 5) is 0. The average Bonchev–Trinajstić information content (AvgIpc) is 2.41. The molecule has 0 fully saturated rings. The molecule has 4 heteroatoms. The van der Waals surface area contributed by atoms with Gasteiger partial charge >= 0.3 is 0 Å². The summed E-state index contributed by atoms with van der Waals surface area (Å²) in [7, 11) is 0. The third-order valence-electron chi connectivity index (χ3n) is 2.62. The summed E-state index contributed by atoms with van der Waals surface area (Å²) in [5, 5.41) is 3.28. The molecule has 3 N–H and O–H groups in total. The van der Waals surface area contributed by atoms with Crippen molar-refractivity contribution >= 4 is 33.0 Å². The van der Waals surface area contributed by atoms with Crippen LogP contribution < -0.4 is 15.8 Å². The zero-order valence-electron chi connectivity index (χ0n) is 10.8. The van der Waals surface area contributed by atoms with Gasteiger partial charge in [0.25, 0.3) is 0 Å². The van der Waals surface area contributed by atoms with Gasteiger partial charge in [-0.1, -0.05) is 22.9 Å². The van der Waals surface area contributed by atoms with Crippen LogP contribution in [0.2, 0.25) is 0 Å². The van der Waals surface area contributed by atoms with Gasteiger partial charge in [-0.05, 0) is 48.9 Å². The predicted molar refractivity (Wildman–Crippen MR) is 84.1 cm³/mol. The minimum absolute atomic E-state index is 0.709. The number of nitrogens with one attached hydrogen (secondary N) is 1. The molecule has 3 nitrogen and oxygen atoms in total. The molecule has 0 amide bonds. The molecule has 100 valence electrons. The Hall–Kier alpha value is -1.68. The first kappa shape index (κ1) is 13.7. The third kappa shape index (κ3) is 3.89. The summed E-state index contributed by atoms with van der Waals surface area (Å²) in [6.45, 7) is 2.83. The van der Waals surface area contributed by atoms with Crippen molar-refractivity contribution in [2.75, 3.05) is 17.7 Å². The first-order valence-corrected chi connectivity index (χ1v) is 7.03. The van der Waals surface area contributed by atoms with E-state index < -0.39 is 0 Å². The van der Waals surface area contributed by atoms with E-state index in [1.165, 1.54) is 0 Å². The lowest BCUT2D eigenvalue weighted by molar-refractivity contribution is 0.317. The van der Waals surface area contributed by atoms with Crippen molar-refractivity contribution in [3.05, 3.63) is 46.9 Å². The van der Waals surface area contributed by atoms with Crippen LogP contribution in [-0.4, -0.2) is 6.61 Å². The predicted octanol–water partition coefficient (Wildman–Crippen LogP) is 4.56. The molecule has 0 saturated heterocycles. The van der Waals surface area contributed by atoms with E-state index in [0.29, 0.717) is 5.69 Å². The molecule has 0 aromatic heterocycles. The molecule has 0 bridgehead atoms. The Kier molecular flexibility index (Phi) is 4.68. The first-order chi connectivity index (χ1) is 9.19. The van der Waals surface area contributed by atoms with Gasteiger partial charge in [0.2, 0.25) is 0 Å². The molecular weight excluding hydrogens is 304 g/mol. The molecule has 0 aliphatic rings. The fraction of sp³-hybridized carbons (Fsp3) is 0.200. The maximum atomic E-state index is 5.95. The quantitative estimate of drug-likeness (QED) is 0.794. The molecule has 0 saturated carbocycles. The van der Waals surface area contributed by atoms with Gasteiger partial charge in [0.15, 0.2) is 0 Å². The largest absolute Gasteiger partial charge is 0.494 e. The van der Waals surface area contributed by atoms with E-state index in [9.17, 15) is 0 Å². The van der Waals surface area contributed by atoms with Gasteiger partial charge in [0, 0.05) is 10.2 Å². The highest BCUT2D eigenvalue weighted by Crippen LogP contribution is 2.27. The lowest BCUT2D eigenvalue weighted by atomic mass is 10.2. The molecule has 0 aliphatic heterocycles. The van der Waals surface area contributed by atoms with E-state index in [1.807, 2.05) is 42.5 Å². The fourth-order valence-electron chi connectivity index (χ4n) is 1.66. The molecule has 2 aromatic carbocycles. The van der Waals surface area contributed by atoms with Crippen molar-refractivity contribution in [1.29, 1.82) is 0 Å². The van der Waals surface area contributed by atoms with Crippen molar-refractivity contribution in [3.8, 4) is 5.75 Å². The lowest BCUT2D eigenvalue weighted by Gasteiger charge is -2.10. The Morgan fingerprint density at radius 1 is 1.16 bits per heavy atom. The van der Waals surface area contributed by atoms with Crippen LogP contribution in [-0.2, 0) is 0 Å². The summed E-state index contributed by atoms with van der Waals surface area (Å²) in [6, 6.07) is 13.6. The second kappa shape index (κ2) is 6.48. The molecule has 0 unspecified atom stereocenters. The summed E-state index contributed by atoms with van der Waals surface area (Å²) in [5.41, 5.74) is 8.53. The van der Waals surface area contributed by atoms with Gasteiger partial charge in [0.05, 0.1) is 18.0 Å². The lowest BCUT2D eigenvalue weighted by Crippen LogP contribution is -1.97. The summed E-state index contributed by atoms with van der Waals surface area (Å²) >= 11 is 3.39. The van der Waals surface area contributed by atoms with E-state index in [1.54, 1.807) is 0 Å². The van der Waals surface area contributed by atoms with E-state index in [4.69, 9.17) is 10.5 Å². The molecule has 2 rings (SSSR count). The molecule has 0 radical (unpaired) electrons. The molecular formula is C15H17BrN2O. The number of nitrogen functional groups attached to an aromatic ring is 1. The maximum Gasteiger partial charge on any atom is 0.119 e. The van der Waals surface area contributed by atoms with Crippen LogP contribution in [0, 0.1) is 0 Å². The number of rotatable bonds is 5. The van der Waals surface area contributed by atoms with Crippen LogP contribution in [0.4, 0.5) is 17.1 Å². The van der Waals surface area contributed by atoms with Crippen LogP contribution in [0.15, 0.2) is 46.9 Å². The van der Waals surface area contributed by atoms with Crippen molar-refractivity contribution < 1.29 is 4.74 Å². The van der Waals surface area contributed by atoms with Gasteiger partial charge in [-0.15, -0.1) is 0 Å². The highest BCUT2D eigenvalue weighted by molar-refractivity contribution is 9.10. The normalized spacial score (nSPS) is 10.2. The molecule has 0 aliphatic carbocycles. The van der Waals surface area contributed by atoms with Gasteiger partial charge in [0.1, 0.15) is 5.75 Å². The number of anilines is 3. The average molecular weight is 321 g/mol. The molecule has 0 atom stereocenters. The van der Waals surface area contributed by atoms with Crippen LogP contribution in [0.25, 0.3) is 0 Å². The summed E-state index contributed by atoms with van der Waals surface area (Å²) in [6.07, 6.45) is 1.01. The Balaban J connectivity index is 2.06. The van der Waals surface area contributed by atoms with E-state index >= 15 is 0 Å². The van der Waals surface area contributed by atoms with Crippen LogP contribution in [0.3, 0.4) is 0 Å². The van der Waals surface area contributed by atoms with Crippen molar-refractivity contribution in [1.82, 2.24) is 0 Å². The first-order valence-electron chi connectivity index (χ1n) is 6.24. The minimum atomic E-state index is 0.709. The maximum absolute atomic E-state index is 5.95. The Morgan fingerprint density at radius 2 is 1.89 bits per heavy atom. The Bertz CT molecular complexity index is 540. The Morgan fingerprint density at radius 3 is 2.53 bits per heavy atom. The van der Waals surface area contributed by atoms with E-state index in [0.717, 1.165) is 34.6 Å². The third-order valence-corrected chi connectivity index (χ3v) is 3.11. The molecule has 19 heavy (non-hydrogen) atoms. The molecule has 2 aromatic rings. The highest BCUT2D eigenvalue weighted by atomic mass is 79.9. The molecule has 0 heterocycles. The van der Waals surface area contributed by atoms with Crippen molar-refractivity contribution in [3.63, 3.8) is 0 Å². The van der Waals surface area contributed by atoms with Crippen LogP contribution in [0.5, 0.6) is 5.75 Å². The van der Waals surface area contributed by atoms with Crippen LogP contribution >= 0.6 is 15.9 Å².